The van der Waals surface area contributed by atoms with Gasteiger partial charge in [0, 0.05) is 38.9 Å². The minimum absolute atomic E-state index is 0.400. The Kier molecular flexibility index (Phi) is 4.38. The van der Waals surface area contributed by atoms with Crippen LogP contribution >= 0.6 is 11.6 Å². The molecule has 2 aliphatic rings. The second-order valence-corrected chi connectivity index (χ2v) is 5.92. The molecule has 2 saturated heterocycles. The highest BCUT2D eigenvalue weighted by Crippen LogP contribution is 2.25. The molecule has 0 N–H and O–H groups in total. The molecule has 3 rings (SSSR count). The van der Waals surface area contributed by atoms with Crippen LogP contribution in [0.4, 0.5) is 5.82 Å². The van der Waals surface area contributed by atoms with Gasteiger partial charge in [-0.25, -0.2) is 9.97 Å². The van der Waals surface area contributed by atoms with E-state index in [9.17, 15) is 0 Å². The van der Waals surface area contributed by atoms with Gasteiger partial charge in [0.2, 0.25) is 0 Å². The highest BCUT2D eigenvalue weighted by atomic mass is 35.5. The topological polar surface area (TPSA) is 41.5 Å². The largest absolute Gasteiger partial charge is 0.377 e. The number of hydrogen-bond acceptors (Lipinski definition) is 5. The van der Waals surface area contributed by atoms with Crippen LogP contribution in [0.2, 0.25) is 5.15 Å². The van der Waals surface area contributed by atoms with Gasteiger partial charge in [0.1, 0.15) is 17.6 Å². The molecule has 0 bridgehead atoms. The SMILES string of the molecule is COCc1nc(Cl)cc(N2CCCN3CCCC3C2)n1. The summed E-state index contributed by atoms with van der Waals surface area (Å²) >= 11 is 6.11. The van der Waals surface area contributed by atoms with Crippen molar-refractivity contribution in [2.75, 3.05) is 38.2 Å². The molecule has 0 amide bonds. The lowest BCUT2D eigenvalue weighted by Crippen LogP contribution is -2.37. The average Bonchev–Trinajstić information content (AvgIpc) is 2.75. The summed E-state index contributed by atoms with van der Waals surface area (Å²) < 4.78 is 5.11. The van der Waals surface area contributed by atoms with Crippen molar-refractivity contribution >= 4 is 17.4 Å². The van der Waals surface area contributed by atoms with Gasteiger partial charge in [-0.3, -0.25) is 4.90 Å². The number of aromatic nitrogens is 2. The highest BCUT2D eigenvalue weighted by molar-refractivity contribution is 6.29. The summed E-state index contributed by atoms with van der Waals surface area (Å²) in [6, 6.07) is 2.53. The number of rotatable bonds is 3. The van der Waals surface area contributed by atoms with E-state index in [2.05, 4.69) is 19.8 Å². The molecule has 5 nitrogen and oxygen atoms in total. The van der Waals surface area contributed by atoms with Gasteiger partial charge in [-0.1, -0.05) is 11.6 Å². The Morgan fingerprint density at radius 2 is 2.15 bits per heavy atom. The molecule has 1 atom stereocenters. The van der Waals surface area contributed by atoms with E-state index in [4.69, 9.17) is 16.3 Å². The molecule has 0 spiro atoms. The van der Waals surface area contributed by atoms with Crippen molar-refractivity contribution in [3.8, 4) is 0 Å². The van der Waals surface area contributed by atoms with Gasteiger partial charge in [0.15, 0.2) is 5.82 Å². The fourth-order valence-electron chi connectivity index (χ4n) is 3.22. The lowest BCUT2D eigenvalue weighted by molar-refractivity contribution is 0.178. The summed E-state index contributed by atoms with van der Waals surface area (Å²) in [7, 11) is 1.65. The molecule has 2 aliphatic heterocycles. The van der Waals surface area contributed by atoms with Gasteiger partial charge < -0.3 is 9.64 Å². The van der Waals surface area contributed by atoms with E-state index < -0.39 is 0 Å². The maximum absolute atomic E-state index is 6.11. The fraction of sp³-hybridized carbons (Fsp3) is 0.714. The van der Waals surface area contributed by atoms with Gasteiger partial charge >= 0.3 is 0 Å². The second-order valence-electron chi connectivity index (χ2n) is 5.53. The molecule has 1 unspecified atom stereocenters. The first-order valence-electron chi connectivity index (χ1n) is 7.27. The summed E-state index contributed by atoms with van der Waals surface area (Å²) in [5.74, 6) is 1.59. The third-order valence-electron chi connectivity index (χ3n) is 4.13. The van der Waals surface area contributed by atoms with E-state index in [-0.39, 0.29) is 0 Å². The maximum atomic E-state index is 6.11. The Labute approximate surface area is 124 Å². The summed E-state index contributed by atoms with van der Waals surface area (Å²) in [6.45, 7) is 4.92. The Hall–Kier alpha value is -0.910. The van der Waals surface area contributed by atoms with Crippen molar-refractivity contribution in [2.24, 2.45) is 0 Å². The zero-order chi connectivity index (χ0) is 13.9. The quantitative estimate of drug-likeness (QED) is 0.798. The Balaban J connectivity index is 1.80. The number of hydrogen-bond donors (Lipinski definition) is 0. The van der Waals surface area contributed by atoms with Crippen LogP contribution in [-0.4, -0.2) is 54.2 Å². The molecule has 1 aromatic rings. The first-order valence-corrected chi connectivity index (χ1v) is 7.65. The Morgan fingerprint density at radius 3 is 3.00 bits per heavy atom. The first-order chi connectivity index (χ1) is 9.76. The van der Waals surface area contributed by atoms with Gasteiger partial charge in [0.05, 0.1) is 0 Å². The first kappa shape index (κ1) is 14.0. The normalized spacial score (nSPS) is 23.7. The number of halogens is 1. The lowest BCUT2D eigenvalue weighted by Gasteiger charge is -2.26. The molecule has 6 heteroatoms. The number of fused-ring (bicyclic) bond motifs is 1. The van der Waals surface area contributed by atoms with Crippen LogP contribution in [0.1, 0.15) is 25.1 Å². The molecule has 3 heterocycles. The monoisotopic (exact) mass is 296 g/mol. The van der Waals surface area contributed by atoms with Crippen molar-refractivity contribution in [1.29, 1.82) is 0 Å². The molecule has 0 radical (unpaired) electrons. The summed E-state index contributed by atoms with van der Waals surface area (Å²) in [6.07, 6.45) is 3.79. The van der Waals surface area contributed by atoms with E-state index in [1.54, 1.807) is 7.11 Å². The Bertz CT molecular complexity index is 470. The van der Waals surface area contributed by atoms with Gasteiger partial charge in [0.25, 0.3) is 0 Å². The maximum Gasteiger partial charge on any atom is 0.158 e. The van der Waals surface area contributed by atoms with Gasteiger partial charge in [-0.05, 0) is 25.8 Å². The number of nitrogens with zero attached hydrogens (tertiary/aromatic N) is 4. The minimum atomic E-state index is 0.400. The predicted octanol–water partition coefficient (Wildman–Crippen LogP) is 1.95. The van der Waals surface area contributed by atoms with Crippen LogP contribution in [0.3, 0.4) is 0 Å². The number of anilines is 1. The van der Waals surface area contributed by atoms with Crippen LogP contribution < -0.4 is 4.90 Å². The predicted molar refractivity (Wildman–Crippen MR) is 79.2 cm³/mol. The highest BCUT2D eigenvalue weighted by Gasteiger charge is 2.29. The molecule has 110 valence electrons. The van der Waals surface area contributed by atoms with E-state index in [0.717, 1.165) is 18.9 Å². The third-order valence-corrected chi connectivity index (χ3v) is 4.32. The fourth-order valence-corrected chi connectivity index (χ4v) is 3.42. The van der Waals surface area contributed by atoms with E-state index >= 15 is 0 Å². The Morgan fingerprint density at radius 1 is 1.30 bits per heavy atom. The van der Waals surface area contributed by atoms with Crippen LogP contribution in [0.25, 0.3) is 0 Å². The molecule has 20 heavy (non-hydrogen) atoms. The van der Waals surface area contributed by atoms with Crippen molar-refractivity contribution in [3.05, 3.63) is 17.0 Å². The third kappa shape index (κ3) is 3.05. The smallest absolute Gasteiger partial charge is 0.158 e. The van der Waals surface area contributed by atoms with E-state index in [0.29, 0.717) is 23.6 Å². The second kappa shape index (κ2) is 6.24. The molecule has 1 aromatic heterocycles. The minimum Gasteiger partial charge on any atom is -0.377 e. The van der Waals surface area contributed by atoms with Crippen LogP contribution in [0, 0.1) is 0 Å². The molecular weight excluding hydrogens is 276 g/mol. The van der Waals surface area contributed by atoms with Gasteiger partial charge in [-0.2, -0.15) is 0 Å². The van der Waals surface area contributed by atoms with Crippen LogP contribution in [-0.2, 0) is 11.3 Å². The molecular formula is C14H21ClN4O. The molecule has 0 saturated carbocycles. The zero-order valence-electron chi connectivity index (χ0n) is 11.9. The standard InChI is InChI=1S/C14H21ClN4O/c1-20-10-13-16-12(15)8-14(17-13)19-7-3-6-18-5-2-4-11(18)9-19/h8,11H,2-7,9-10H2,1H3. The van der Waals surface area contributed by atoms with E-state index in [1.807, 2.05) is 6.07 Å². The van der Waals surface area contributed by atoms with Crippen molar-refractivity contribution in [2.45, 2.75) is 31.9 Å². The molecule has 0 aromatic carbocycles. The van der Waals surface area contributed by atoms with E-state index in [1.165, 1.54) is 32.4 Å². The van der Waals surface area contributed by atoms with Gasteiger partial charge in [-0.15, -0.1) is 0 Å². The number of methoxy groups -OCH3 is 1. The molecule has 2 fully saturated rings. The summed E-state index contributed by atoms with van der Waals surface area (Å²) in [5, 5.41) is 0.495. The summed E-state index contributed by atoms with van der Waals surface area (Å²) in [5.41, 5.74) is 0. The average molecular weight is 297 g/mol. The van der Waals surface area contributed by atoms with Crippen LogP contribution in [0.5, 0.6) is 0 Å². The van der Waals surface area contributed by atoms with Crippen molar-refractivity contribution in [3.63, 3.8) is 0 Å². The molecule has 0 aliphatic carbocycles. The zero-order valence-corrected chi connectivity index (χ0v) is 12.6. The lowest BCUT2D eigenvalue weighted by atomic mass is 10.2. The van der Waals surface area contributed by atoms with Crippen LogP contribution in [0.15, 0.2) is 6.07 Å². The van der Waals surface area contributed by atoms with Crippen molar-refractivity contribution in [1.82, 2.24) is 14.9 Å². The number of ether oxygens (including phenoxy) is 1. The van der Waals surface area contributed by atoms with Crippen molar-refractivity contribution < 1.29 is 4.74 Å². The summed E-state index contributed by atoms with van der Waals surface area (Å²) in [4.78, 5) is 13.8.